The van der Waals surface area contributed by atoms with E-state index in [1.807, 2.05) is 6.07 Å². The van der Waals surface area contributed by atoms with Crippen LogP contribution in [0, 0.1) is 0 Å². The Morgan fingerprint density at radius 2 is 2.18 bits per heavy atom. The summed E-state index contributed by atoms with van der Waals surface area (Å²) in [5.41, 5.74) is -0.112. The van der Waals surface area contributed by atoms with E-state index in [-0.39, 0.29) is 24.2 Å². The van der Waals surface area contributed by atoms with Gasteiger partial charge in [-0.05, 0) is 18.9 Å². The molecule has 2 fully saturated rings. The molecular formula is C15H22N4O3. The van der Waals surface area contributed by atoms with Gasteiger partial charge >= 0.3 is 0 Å². The average Bonchev–Trinajstić information content (AvgIpc) is 2.97. The van der Waals surface area contributed by atoms with Gasteiger partial charge in [-0.15, -0.1) is 0 Å². The number of hydrogen-bond acceptors (Lipinski definition) is 6. The molecule has 1 N–H and O–H groups in total. The lowest BCUT2D eigenvalue weighted by molar-refractivity contribution is -0.127. The van der Waals surface area contributed by atoms with Crippen LogP contribution in [-0.2, 0) is 14.3 Å². The highest BCUT2D eigenvalue weighted by molar-refractivity contribution is 5.76. The Balaban J connectivity index is 1.50. The van der Waals surface area contributed by atoms with Gasteiger partial charge in [0.05, 0.1) is 18.3 Å². The Hall–Kier alpha value is -1.73. The second kappa shape index (κ2) is 6.58. The fraction of sp³-hybridized carbons (Fsp3) is 0.667. The third kappa shape index (κ3) is 3.36. The molecule has 3 rings (SSSR count). The number of anilines is 1. The fourth-order valence-corrected chi connectivity index (χ4v) is 3.09. The predicted molar refractivity (Wildman–Crippen MR) is 80.6 cm³/mol. The number of amides is 1. The lowest BCUT2D eigenvalue weighted by Gasteiger charge is -2.38. The highest BCUT2D eigenvalue weighted by atomic mass is 16.6. The molecule has 2 aliphatic rings. The van der Waals surface area contributed by atoms with Gasteiger partial charge < -0.3 is 19.7 Å². The van der Waals surface area contributed by atoms with E-state index < -0.39 is 0 Å². The predicted octanol–water partition coefficient (Wildman–Crippen LogP) is 0.367. The van der Waals surface area contributed by atoms with Crippen molar-refractivity contribution in [3.63, 3.8) is 0 Å². The number of aromatic nitrogens is 2. The summed E-state index contributed by atoms with van der Waals surface area (Å²) in [4.78, 5) is 22.0. The molecule has 3 heterocycles. The molecule has 0 bridgehead atoms. The summed E-state index contributed by atoms with van der Waals surface area (Å²) in [6, 6.07) is 1.82. The van der Waals surface area contributed by atoms with Gasteiger partial charge in [0, 0.05) is 39.0 Å². The van der Waals surface area contributed by atoms with Gasteiger partial charge in [-0.3, -0.25) is 4.79 Å². The van der Waals surface area contributed by atoms with E-state index in [2.05, 4.69) is 20.2 Å². The van der Waals surface area contributed by atoms with Crippen LogP contribution in [0.4, 0.5) is 5.95 Å². The van der Waals surface area contributed by atoms with E-state index in [1.165, 1.54) is 0 Å². The largest absolute Gasteiger partial charge is 0.372 e. The zero-order valence-corrected chi connectivity index (χ0v) is 12.8. The van der Waals surface area contributed by atoms with Gasteiger partial charge in [0.15, 0.2) is 0 Å². The maximum atomic E-state index is 11.2. The smallest absolute Gasteiger partial charge is 0.245 e. The summed E-state index contributed by atoms with van der Waals surface area (Å²) >= 11 is 0. The normalized spacial score (nSPS) is 23.7. The number of rotatable bonds is 4. The molecule has 22 heavy (non-hydrogen) atoms. The second-order valence-corrected chi connectivity index (χ2v) is 5.84. The van der Waals surface area contributed by atoms with E-state index in [0.29, 0.717) is 6.61 Å². The van der Waals surface area contributed by atoms with Crippen molar-refractivity contribution in [3.8, 4) is 0 Å². The average molecular weight is 306 g/mol. The van der Waals surface area contributed by atoms with Crippen molar-refractivity contribution < 1.29 is 14.3 Å². The number of nitrogens with one attached hydrogen (secondary N) is 1. The van der Waals surface area contributed by atoms with E-state index in [9.17, 15) is 4.79 Å². The molecule has 7 nitrogen and oxygen atoms in total. The molecule has 0 aliphatic carbocycles. The number of likely N-dealkylation sites (N-methyl/N-ethyl adjacent to an activating group) is 1. The van der Waals surface area contributed by atoms with Crippen LogP contribution in [0.2, 0.25) is 0 Å². The molecule has 1 unspecified atom stereocenters. The first-order valence-electron chi connectivity index (χ1n) is 7.69. The lowest BCUT2D eigenvalue weighted by Crippen LogP contribution is -2.45. The van der Waals surface area contributed by atoms with Crippen LogP contribution in [0.15, 0.2) is 18.5 Å². The number of piperidine rings is 1. The molecule has 7 heteroatoms. The zero-order chi connectivity index (χ0) is 15.4. The minimum Gasteiger partial charge on any atom is -0.372 e. The van der Waals surface area contributed by atoms with E-state index in [0.717, 1.165) is 38.3 Å². The highest BCUT2D eigenvalue weighted by Crippen LogP contribution is 2.37. The first kappa shape index (κ1) is 15.2. The summed E-state index contributed by atoms with van der Waals surface area (Å²) in [5.74, 6) is 0.680. The molecule has 2 aliphatic heterocycles. The lowest BCUT2D eigenvalue weighted by atomic mass is 9.88. The van der Waals surface area contributed by atoms with Crippen LogP contribution in [0.5, 0.6) is 0 Å². The molecule has 0 saturated carbocycles. The highest BCUT2D eigenvalue weighted by Gasteiger charge is 2.43. The quantitative estimate of drug-likeness (QED) is 0.866. The van der Waals surface area contributed by atoms with Gasteiger partial charge in [0.1, 0.15) is 6.61 Å². The molecule has 1 aromatic heterocycles. The summed E-state index contributed by atoms with van der Waals surface area (Å²) < 4.78 is 11.6. The monoisotopic (exact) mass is 306 g/mol. The first-order chi connectivity index (χ1) is 10.7. The maximum absolute atomic E-state index is 11.2. The van der Waals surface area contributed by atoms with Crippen molar-refractivity contribution in [2.24, 2.45) is 0 Å². The van der Waals surface area contributed by atoms with Crippen molar-refractivity contribution in [1.82, 2.24) is 15.3 Å². The van der Waals surface area contributed by atoms with Crippen LogP contribution in [0.3, 0.4) is 0 Å². The summed E-state index contributed by atoms with van der Waals surface area (Å²) in [6.07, 6.45) is 6.27. The van der Waals surface area contributed by atoms with Gasteiger partial charge in [0.25, 0.3) is 0 Å². The summed E-state index contributed by atoms with van der Waals surface area (Å²) in [5, 5.41) is 2.56. The number of ether oxygens (including phenoxy) is 2. The topological polar surface area (TPSA) is 76.6 Å². The van der Waals surface area contributed by atoms with Crippen molar-refractivity contribution >= 4 is 11.9 Å². The van der Waals surface area contributed by atoms with Gasteiger partial charge in [0.2, 0.25) is 11.9 Å². The zero-order valence-electron chi connectivity index (χ0n) is 12.8. The minimum atomic E-state index is -0.112. The third-order valence-corrected chi connectivity index (χ3v) is 4.41. The van der Waals surface area contributed by atoms with E-state index in [1.54, 1.807) is 19.4 Å². The molecule has 120 valence electrons. The molecule has 1 spiro atoms. The summed E-state index contributed by atoms with van der Waals surface area (Å²) in [6.45, 7) is 2.43. The maximum Gasteiger partial charge on any atom is 0.245 e. The second-order valence-electron chi connectivity index (χ2n) is 5.84. The van der Waals surface area contributed by atoms with Crippen LogP contribution < -0.4 is 10.2 Å². The third-order valence-electron chi connectivity index (χ3n) is 4.41. The van der Waals surface area contributed by atoms with Crippen molar-refractivity contribution in [1.29, 1.82) is 0 Å². The Labute approximate surface area is 130 Å². The van der Waals surface area contributed by atoms with Crippen molar-refractivity contribution in [2.45, 2.75) is 31.0 Å². The molecule has 1 aromatic rings. The summed E-state index contributed by atoms with van der Waals surface area (Å²) in [7, 11) is 1.61. The number of hydrogen-bond donors (Lipinski definition) is 1. The van der Waals surface area contributed by atoms with E-state index >= 15 is 0 Å². The Kier molecular flexibility index (Phi) is 4.54. The Morgan fingerprint density at radius 1 is 1.45 bits per heavy atom. The number of nitrogens with zero attached hydrogens (tertiary/aromatic N) is 3. The molecule has 0 aromatic carbocycles. The van der Waals surface area contributed by atoms with Crippen molar-refractivity contribution in [2.75, 3.05) is 38.3 Å². The van der Waals surface area contributed by atoms with Crippen LogP contribution in [0.25, 0.3) is 0 Å². The van der Waals surface area contributed by atoms with Crippen molar-refractivity contribution in [3.05, 3.63) is 18.5 Å². The molecule has 1 atom stereocenters. The minimum absolute atomic E-state index is 0.0109. The SMILES string of the molecule is CNC(=O)COC1COC2(CCN(c3ncccn3)CC2)C1. The van der Waals surface area contributed by atoms with Gasteiger partial charge in [-0.2, -0.15) is 0 Å². The number of carbonyl (C=O) groups is 1. The molecule has 2 saturated heterocycles. The van der Waals surface area contributed by atoms with E-state index in [4.69, 9.17) is 9.47 Å². The Morgan fingerprint density at radius 3 is 2.86 bits per heavy atom. The number of carbonyl (C=O) groups excluding carboxylic acids is 1. The standard InChI is InChI=1S/C15H22N4O3/c1-16-13(20)11-21-12-9-15(22-10-12)3-7-19(8-4-15)14-17-5-2-6-18-14/h2,5-6,12H,3-4,7-11H2,1H3,(H,16,20). The molecule has 1 amide bonds. The van der Waals surface area contributed by atoms with Gasteiger partial charge in [-0.1, -0.05) is 0 Å². The Bertz CT molecular complexity index is 503. The van der Waals surface area contributed by atoms with Crippen LogP contribution in [0.1, 0.15) is 19.3 Å². The van der Waals surface area contributed by atoms with Crippen LogP contribution in [-0.4, -0.2) is 60.9 Å². The van der Waals surface area contributed by atoms with Crippen LogP contribution >= 0.6 is 0 Å². The van der Waals surface area contributed by atoms with Gasteiger partial charge in [-0.25, -0.2) is 9.97 Å². The fourth-order valence-electron chi connectivity index (χ4n) is 3.09. The molecular weight excluding hydrogens is 284 g/mol. The first-order valence-corrected chi connectivity index (χ1v) is 7.69. The molecule has 0 radical (unpaired) electrons.